The van der Waals surface area contributed by atoms with Crippen LogP contribution in [0.2, 0.25) is 0 Å². The standard InChI is InChI=1S/C16H18N2O2S/c17-15-6-3-4-12(8-15)11-21(19,20)18-10-14-9-13-5-1-2-7-16(13)14/h1-8,14,18H,9-11,17H2. The van der Waals surface area contributed by atoms with Gasteiger partial charge in [0.25, 0.3) is 0 Å². The molecular formula is C16H18N2O2S. The molecule has 0 fully saturated rings. The smallest absolute Gasteiger partial charge is 0.215 e. The molecule has 21 heavy (non-hydrogen) atoms. The summed E-state index contributed by atoms with van der Waals surface area (Å²) < 4.78 is 26.9. The number of hydrogen-bond acceptors (Lipinski definition) is 3. The summed E-state index contributed by atoms with van der Waals surface area (Å²) in [5, 5.41) is 0. The fourth-order valence-corrected chi connectivity index (χ4v) is 3.90. The third-order valence-corrected chi connectivity index (χ3v) is 5.14. The first kappa shape index (κ1) is 14.1. The summed E-state index contributed by atoms with van der Waals surface area (Å²) in [6.45, 7) is 0.460. The SMILES string of the molecule is Nc1cccc(CS(=O)(=O)NCC2Cc3ccccc32)c1. The van der Waals surface area contributed by atoms with Gasteiger partial charge in [0.15, 0.2) is 0 Å². The highest BCUT2D eigenvalue weighted by atomic mass is 32.2. The molecule has 0 aromatic heterocycles. The van der Waals surface area contributed by atoms with Crippen LogP contribution in [0.5, 0.6) is 0 Å². The summed E-state index contributed by atoms with van der Waals surface area (Å²) >= 11 is 0. The largest absolute Gasteiger partial charge is 0.399 e. The van der Waals surface area contributed by atoms with Crippen LogP contribution in [0.4, 0.5) is 5.69 Å². The van der Waals surface area contributed by atoms with Crippen LogP contribution in [-0.4, -0.2) is 15.0 Å². The lowest BCUT2D eigenvalue weighted by Gasteiger charge is -2.30. The van der Waals surface area contributed by atoms with E-state index in [9.17, 15) is 8.42 Å². The number of benzene rings is 2. The number of anilines is 1. The topological polar surface area (TPSA) is 72.2 Å². The minimum atomic E-state index is -3.33. The van der Waals surface area contributed by atoms with Gasteiger partial charge in [-0.2, -0.15) is 0 Å². The summed E-state index contributed by atoms with van der Waals surface area (Å²) in [6, 6.07) is 15.1. The predicted octanol–water partition coefficient (Wildman–Crippen LogP) is 2.03. The van der Waals surface area contributed by atoms with Crippen LogP contribution in [0.1, 0.15) is 22.6 Å². The lowest BCUT2D eigenvalue weighted by atomic mass is 9.78. The van der Waals surface area contributed by atoms with Crippen molar-refractivity contribution in [3.8, 4) is 0 Å². The van der Waals surface area contributed by atoms with Crippen LogP contribution in [0.15, 0.2) is 48.5 Å². The van der Waals surface area contributed by atoms with Crippen LogP contribution in [0.3, 0.4) is 0 Å². The van der Waals surface area contributed by atoms with Gasteiger partial charge in [-0.15, -0.1) is 0 Å². The summed E-state index contributed by atoms with van der Waals surface area (Å²) in [4.78, 5) is 0. The Morgan fingerprint density at radius 1 is 1.14 bits per heavy atom. The molecule has 2 aromatic carbocycles. The maximum atomic E-state index is 12.1. The summed E-state index contributed by atoms with van der Waals surface area (Å²) in [5.41, 5.74) is 9.52. The van der Waals surface area contributed by atoms with Crippen LogP contribution in [-0.2, 0) is 22.2 Å². The van der Waals surface area contributed by atoms with E-state index < -0.39 is 10.0 Å². The van der Waals surface area contributed by atoms with Gasteiger partial charge in [-0.3, -0.25) is 0 Å². The molecule has 0 saturated carbocycles. The van der Waals surface area contributed by atoms with Gasteiger partial charge in [0.2, 0.25) is 10.0 Å². The number of rotatable bonds is 5. The Hall–Kier alpha value is -1.85. The molecule has 0 saturated heterocycles. The van der Waals surface area contributed by atoms with E-state index in [2.05, 4.69) is 16.9 Å². The molecule has 0 bridgehead atoms. The maximum Gasteiger partial charge on any atom is 0.215 e. The van der Waals surface area contributed by atoms with E-state index >= 15 is 0 Å². The Balaban J connectivity index is 1.60. The average Bonchev–Trinajstić information content (AvgIpc) is 2.39. The van der Waals surface area contributed by atoms with Crippen molar-refractivity contribution in [1.82, 2.24) is 4.72 Å². The zero-order valence-electron chi connectivity index (χ0n) is 11.6. The van der Waals surface area contributed by atoms with Gasteiger partial charge in [0.05, 0.1) is 5.75 Å². The van der Waals surface area contributed by atoms with Crippen molar-refractivity contribution in [2.75, 3.05) is 12.3 Å². The molecule has 0 spiro atoms. The highest BCUT2D eigenvalue weighted by Crippen LogP contribution is 2.34. The van der Waals surface area contributed by atoms with E-state index in [1.807, 2.05) is 12.1 Å². The molecule has 3 N–H and O–H groups in total. The molecule has 1 aliphatic rings. The van der Waals surface area contributed by atoms with E-state index in [0.29, 0.717) is 17.8 Å². The minimum Gasteiger partial charge on any atom is -0.399 e. The summed E-state index contributed by atoms with van der Waals surface area (Å²) in [5.74, 6) is 0.253. The van der Waals surface area contributed by atoms with Gasteiger partial charge in [-0.25, -0.2) is 13.1 Å². The Bertz CT molecular complexity index is 756. The van der Waals surface area contributed by atoms with E-state index in [1.54, 1.807) is 24.3 Å². The number of nitrogen functional groups attached to an aromatic ring is 1. The Kier molecular flexibility index (Phi) is 3.69. The Morgan fingerprint density at radius 2 is 1.95 bits per heavy atom. The van der Waals surface area contributed by atoms with Crippen LogP contribution >= 0.6 is 0 Å². The minimum absolute atomic E-state index is 0.0353. The molecule has 1 unspecified atom stereocenters. The van der Waals surface area contributed by atoms with Crippen molar-refractivity contribution in [3.05, 3.63) is 65.2 Å². The number of hydrogen-bond donors (Lipinski definition) is 2. The second kappa shape index (κ2) is 5.50. The second-order valence-electron chi connectivity index (χ2n) is 5.45. The number of fused-ring (bicyclic) bond motifs is 1. The van der Waals surface area contributed by atoms with Gasteiger partial charge in [-0.05, 0) is 35.2 Å². The quantitative estimate of drug-likeness (QED) is 0.830. The molecule has 1 atom stereocenters. The van der Waals surface area contributed by atoms with Crippen LogP contribution in [0, 0.1) is 0 Å². The van der Waals surface area contributed by atoms with Crippen molar-refractivity contribution in [3.63, 3.8) is 0 Å². The van der Waals surface area contributed by atoms with Crippen LogP contribution < -0.4 is 10.5 Å². The normalized spacial score (nSPS) is 17.0. The maximum absolute atomic E-state index is 12.1. The van der Waals surface area contributed by atoms with Gasteiger partial charge >= 0.3 is 0 Å². The lowest BCUT2D eigenvalue weighted by molar-refractivity contribution is 0.551. The zero-order valence-corrected chi connectivity index (χ0v) is 12.4. The van der Waals surface area contributed by atoms with Crippen molar-refractivity contribution in [1.29, 1.82) is 0 Å². The molecule has 0 radical (unpaired) electrons. The summed E-state index contributed by atoms with van der Waals surface area (Å²) in [6.07, 6.45) is 0.941. The molecular weight excluding hydrogens is 284 g/mol. The van der Waals surface area contributed by atoms with Gasteiger partial charge in [0, 0.05) is 18.2 Å². The predicted molar refractivity (Wildman–Crippen MR) is 84.4 cm³/mol. The van der Waals surface area contributed by atoms with E-state index in [1.165, 1.54) is 11.1 Å². The van der Waals surface area contributed by atoms with Gasteiger partial charge in [-0.1, -0.05) is 36.4 Å². The first-order chi connectivity index (χ1) is 10.0. The third kappa shape index (κ3) is 3.25. The first-order valence-corrected chi connectivity index (χ1v) is 8.58. The number of nitrogens with two attached hydrogens (primary N) is 1. The van der Waals surface area contributed by atoms with Crippen LogP contribution in [0.25, 0.3) is 0 Å². The average molecular weight is 302 g/mol. The molecule has 2 aromatic rings. The second-order valence-corrected chi connectivity index (χ2v) is 7.26. The summed E-state index contributed by atoms with van der Waals surface area (Å²) in [7, 11) is -3.33. The fraction of sp³-hybridized carbons (Fsp3) is 0.250. The van der Waals surface area contributed by atoms with E-state index in [-0.39, 0.29) is 11.7 Å². The van der Waals surface area contributed by atoms with Gasteiger partial charge in [0.1, 0.15) is 0 Å². The fourth-order valence-electron chi connectivity index (χ4n) is 2.73. The molecule has 5 heteroatoms. The molecule has 110 valence electrons. The molecule has 4 nitrogen and oxygen atoms in total. The molecule has 0 heterocycles. The lowest BCUT2D eigenvalue weighted by Crippen LogP contribution is -2.33. The van der Waals surface area contributed by atoms with E-state index in [4.69, 9.17) is 5.73 Å². The molecule has 0 amide bonds. The van der Waals surface area contributed by atoms with Crippen molar-refractivity contribution >= 4 is 15.7 Å². The molecule has 0 aliphatic heterocycles. The first-order valence-electron chi connectivity index (χ1n) is 6.93. The third-order valence-electron chi connectivity index (χ3n) is 3.82. The van der Waals surface area contributed by atoms with Crippen molar-refractivity contribution < 1.29 is 8.42 Å². The monoisotopic (exact) mass is 302 g/mol. The Morgan fingerprint density at radius 3 is 2.71 bits per heavy atom. The van der Waals surface area contributed by atoms with Crippen molar-refractivity contribution in [2.45, 2.75) is 18.1 Å². The van der Waals surface area contributed by atoms with Gasteiger partial charge < -0.3 is 5.73 Å². The van der Waals surface area contributed by atoms with Crippen molar-refractivity contribution in [2.24, 2.45) is 0 Å². The number of sulfonamides is 1. The van der Waals surface area contributed by atoms with E-state index in [0.717, 1.165) is 6.42 Å². The molecule has 3 rings (SSSR count). The zero-order chi connectivity index (χ0) is 14.9. The number of nitrogens with one attached hydrogen (secondary N) is 1. The highest BCUT2D eigenvalue weighted by Gasteiger charge is 2.26. The highest BCUT2D eigenvalue weighted by molar-refractivity contribution is 7.88. The Labute approximate surface area is 125 Å². The molecule has 1 aliphatic carbocycles.